The van der Waals surface area contributed by atoms with Crippen molar-refractivity contribution in [1.29, 1.82) is 0 Å². The zero-order valence-corrected chi connectivity index (χ0v) is 19.1. The third kappa shape index (κ3) is 4.34. The summed E-state index contributed by atoms with van der Waals surface area (Å²) in [5, 5.41) is 6.15. The molecule has 3 heterocycles. The molecule has 1 aliphatic heterocycles. The second-order valence-corrected chi connectivity index (χ2v) is 9.97. The molecule has 2 amide bonds. The molecule has 8 heteroatoms. The first-order chi connectivity index (χ1) is 14.7. The molecular weight excluding hydrogens is 414 g/mol. The van der Waals surface area contributed by atoms with E-state index in [0.29, 0.717) is 23.0 Å². The lowest BCUT2D eigenvalue weighted by Crippen LogP contribution is -2.34. The van der Waals surface area contributed by atoms with Crippen LogP contribution in [0.2, 0.25) is 5.02 Å². The molecule has 0 aromatic carbocycles. The van der Waals surface area contributed by atoms with Crippen LogP contribution in [0.15, 0.2) is 18.3 Å². The van der Waals surface area contributed by atoms with Gasteiger partial charge in [-0.3, -0.25) is 9.59 Å². The number of carbonyl (C=O) groups is 2. The number of rotatable bonds is 4. The van der Waals surface area contributed by atoms with Crippen LogP contribution in [0.4, 0.5) is 5.82 Å². The number of nitrogens with one attached hydrogen (secondary N) is 2. The normalized spacial score (nSPS) is 22.1. The van der Waals surface area contributed by atoms with Crippen molar-refractivity contribution in [2.75, 3.05) is 12.4 Å². The minimum Gasteiger partial charge on any atom is -0.354 e. The van der Waals surface area contributed by atoms with Crippen LogP contribution in [-0.4, -0.2) is 34.5 Å². The summed E-state index contributed by atoms with van der Waals surface area (Å²) in [6, 6.07) is 3.77. The molecule has 1 fully saturated rings. The first kappa shape index (κ1) is 21.8. The number of amides is 2. The number of anilines is 1. The van der Waals surface area contributed by atoms with Crippen LogP contribution in [0.25, 0.3) is 11.1 Å². The molecule has 0 bridgehead atoms. The summed E-state index contributed by atoms with van der Waals surface area (Å²) in [5.41, 5.74) is 9.46. The van der Waals surface area contributed by atoms with Crippen molar-refractivity contribution in [2.24, 2.45) is 17.1 Å². The van der Waals surface area contributed by atoms with E-state index in [9.17, 15) is 9.59 Å². The molecule has 2 aromatic rings. The topological polar surface area (TPSA) is 102 Å². The maximum Gasteiger partial charge on any atom is 0.267 e. The van der Waals surface area contributed by atoms with Crippen molar-refractivity contribution < 1.29 is 9.59 Å². The summed E-state index contributed by atoms with van der Waals surface area (Å²) in [6.07, 6.45) is 5.87. The van der Waals surface area contributed by atoms with E-state index in [0.717, 1.165) is 49.0 Å². The number of hydrogen-bond acceptors (Lipinski definition) is 4. The highest BCUT2D eigenvalue weighted by Crippen LogP contribution is 2.42. The quantitative estimate of drug-likeness (QED) is 0.671. The van der Waals surface area contributed by atoms with E-state index < -0.39 is 0 Å². The van der Waals surface area contributed by atoms with Crippen LogP contribution in [0, 0.1) is 11.3 Å². The highest BCUT2D eigenvalue weighted by atomic mass is 35.5. The van der Waals surface area contributed by atoms with E-state index in [4.69, 9.17) is 17.3 Å². The third-order valence-corrected chi connectivity index (χ3v) is 6.68. The van der Waals surface area contributed by atoms with Gasteiger partial charge in [0, 0.05) is 48.6 Å². The van der Waals surface area contributed by atoms with Gasteiger partial charge in [-0.25, -0.2) is 4.98 Å². The Morgan fingerprint density at radius 2 is 2.03 bits per heavy atom. The minimum absolute atomic E-state index is 0.0460. The zero-order chi connectivity index (χ0) is 22.3. The Labute approximate surface area is 187 Å². The summed E-state index contributed by atoms with van der Waals surface area (Å²) < 4.78 is 2.08. The number of halogens is 1. The highest BCUT2D eigenvalue weighted by molar-refractivity contribution is 6.33. The number of pyridine rings is 1. The van der Waals surface area contributed by atoms with E-state index in [2.05, 4.69) is 34.0 Å². The Balaban J connectivity index is 1.67. The summed E-state index contributed by atoms with van der Waals surface area (Å²) in [7, 11) is 1.63. The van der Waals surface area contributed by atoms with Crippen molar-refractivity contribution in [3.05, 3.63) is 34.7 Å². The lowest BCUT2D eigenvalue weighted by Gasteiger charge is -2.25. The number of nitrogens with zero attached hydrogens (tertiary/aromatic N) is 2. The molecule has 7 nitrogen and oxygen atoms in total. The van der Waals surface area contributed by atoms with Crippen LogP contribution in [0.3, 0.4) is 0 Å². The van der Waals surface area contributed by atoms with E-state index >= 15 is 0 Å². The van der Waals surface area contributed by atoms with E-state index in [1.165, 1.54) is 0 Å². The number of aromatic nitrogens is 2. The Hall–Kier alpha value is -2.38. The molecule has 0 radical (unpaired) electrons. The molecule has 1 saturated carbocycles. The molecule has 0 spiro atoms. The molecular formula is C23H30ClN5O2. The standard InChI is InChI=1S/C23H30ClN5O2/c1-23(2)10-19-16(8-18(22(31)26-3)29(19)12-23)15-9-20(27-11-17(15)24)28-21(30)13-5-4-6-14(25)7-13/h8-9,11,13-14H,4-7,10,12,25H2,1-3H3,(H,26,31)(H,27,28,30)/t13-,14+/m0/s1. The Bertz CT molecular complexity index is 1030. The van der Waals surface area contributed by atoms with Crippen molar-refractivity contribution in [2.45, 2.75) is 58.5 Å². The third-order valence-electron chi connectivity index (χ3n) is 6.38. The van der Waals surface area contributed by atoms with Gasteiger partial charge in [-0.2, -0.15) is 0 Å². The summed E-state index contributed by atoms with van der Waals surface area (Å²) in [4.78, 5) is 29.6. The van der Waals surface area contributed by atoms with Gasteiger partial charge in [0.15, 0.2) is 0 Å². The molecule has 166 valence electrons. The van der Waals surface area contributed by atoms with Crippen LogP contribution in [-0.2, 0) is 17.8 Å². The van der Waals surface area contributed by atoms with Gasteiger partial charge in [-0.1, -0.05) is 31.9 Å². The average Bonchev–Trinajstić information content (AvgIpc) is 3.21. The van der Waals surface area contributed by atoms with Crippen molar-refractivity contribution in [1.82, 2.24) is 14.9 Å². The number of hydrogen-bond donors (Lipinski definition) is 3. The maximum atomic E-state index is 12.8. The predicted octanol–water partition coefficient (Wildman–Crippen LogP) is 3.60. The van der Waals surface area contributed by atoms with Gasteiger partial charge in [0.1, 0.15) is 11.5 Å². The van der Waals surface area contributed by atoms with E-state index in [1.807, 2.05) is 6.07 Å². The van der Waals surface area contributed by atoms with E-state index in [-0.39, 0.29) is 29.2 Å². The average molecular weight is 444 g/mol. The van der Waals surface area contributed by atoms with Crippen LogP contribution >= 0.6 is 11.6 Å². The molecule has 4 N–H and O–H groups in total. The fourth-order valence-electron chi connectivity index (χ4n) is 4.85. The zero-order valence-electron chi connectivity index (χ0n) is 18.3. The van der Waals surface area contributed by atoms with Crippen LogP contribution < -0.4 is 16.4 Å². The van der Waals surface area contributed by atoms with E-state index in [1.54, 1.807) is 19.3 Å². The molecule has 2 aliphatic rings. The Morgan fingerprint density at radius 1 is 1.26 bits per heavy atom. The largest absolute Gasteiger partial charge is 0.354 e. The van der Waals surface area contributed by atoms with Gasteiger partial charge >= 0.3 is 0 Å². The molecule has 2 aromatic heterocycles. The van der Waals surface area contributed by atoms with Crippen molar-refractivity contribution in [3.8, 4) is 11.1 Å². The monoisotopic (exact) mass is 443 g/mol. The van der Waals surface area contributed by atoms with Gasteiger partial charge in [0.25, 0.3) is 5.91 Å². The highest BCUT2D eigenvalue weighted by Gasteiger charge is 2.35. The van der Waals surface area contributed by atoms with Gasteiger partial charge in [0.2, 0.25) is 5.91 Å². The smallest absolute Gasteiger partial charge is 0.267 e. The minimum atomic E-state index is -0.127. The molecule has 0 unspecified atom stereocenters. The Morgan fingerprint density at radius 3 is 2.74 bits per heavy atom. The fourth-order valence-corrected chi connectivity index (χ4v) is 5.06. The number of nitrogens with two attached hydrogens (primary N) is 1. The molecule has 1 aliphatic carbocycles. The molecule has 0 saturated heterocycles. The summed E-state index contributed by atoms with van der Waals surface area (Å²) in [5.74, 6) is 0.189. The van der Waals surface area contributed by atoms with Crippen LogP contribution in [0.5, 0.6) is 0 Å². The Kier molecular flexibility index (Phi) is 5.83. The number of fused-ring (bicyclic) bond motifs is 1. The van der Waals surface area contributed by atoms with Crippen LogP contribution in [0.1, 0.15) is 55.7 Å². The van der Waals surface area contributed by atoms with Gasteiger partial charge in [-0.05, 0) is 43.2 Å². The number of carbonyl (C=O) groups excluding carboxylic acids is 2. The summed E-state index contributed by atoms with van der Waals surface area (Å²) >= 11 is 6.53. The maximum absolute atomic E-state index is 12.8. The summed E-state index contributed by atoms with van der Waals surface area (Å²) in [6.45, 7) is 5.14. The second kappa shape index (κ2) is 8.28. The van der Waals surface area contributed by atoms with Gasteiger partial charge in [-0.15, -0.1) is 0 Å². The fraction of sp³-hybridized carbons (Fsp3) is 0.522. The lowest BCUT2D eigenvalue weighted by molar-refractivity contribution is -0.120. The lowest BCUT2D eigenvalue weighted by atomic mass is 9.85. The van der Waals surface area contributed by atoms with Gasteiger partial charge in [0.05, 0.1) is 5.02 Å². The van der Waals surface area contributed by atoms with Gasteiger partial charge < -0.3 is 20.9 Å². The first-order valence-corrected chi connectivity index (χ1v) is 11.2. The molecule has 2 atom stereocenters. The molecule has 4 rings (SSSR count). The predicted molar refractivity (Wildman–Crippen MR) is 122 cm³/mol. The second-order valence-electron chi connectivity index (χ2n) is 9.56. The first-order valence-electron chi connectivity index (χ1n) is 10.9. The van der Waals surface area contributed by atoms with Crippen molar-refractivity contribution in [3.63, 3.8) is 0 Å². The molecule has 31 heavy (non-hydrogen) atoms. The van der Waals surface area contributed by atoms with Crippen molar-refractivity contribution >= 4 is 29.2 Å². The SMILES string of the molecule is CNC(=O)c1cc(-c2cc(NC(=O)[C@H]3CCC[C@@H](N)C3)ncc2Cl)c2n1CC(C)(C)C2.